The number of aliphatic hydroxyl groups is 1. The number of amides is 2. The fourth-order valence-electron chi connectivity index (χ4n) is 2.88. The quantitative estimate of drug-likeness (QED) is 0.848. The largest absolute Gasteiger partial charge is 0.393 e. The van der Waals surface area contributed by atoms with Gasteiger partial charge in [-0.1, -0.05) is 18.2 Å². The molecular weight excluding hydrogens is 306 g/mol. The maximum atomic E-state index is 12.3. The Kier molecular flexibility index (Phi) is 6.34. The van der Waals surface area contributed by atoms with Crippen LogP contribution in [0.3, 0.4) is 0 Å². The molecule has 1 aromatic rings. The minimum absolute atomic E-state index is 0.0308. The van der Waals surface area contributed by atoms with E-state index < -0.39 is 0 Å². The monoisotopic (exact) mass is 333 g/mol. The molecule has 0 unspecified atom stereocenters. The summed E-state index contributed by atoms with van der Waals surface area (Å²) in [6.07, 6.45) is 1.14. The second-order valence-corrected chi connectivity index (χ2v) is 6.57. The van der Waals surface area contributed by atoms with Crippen LogP contribution in [0.15, 0.2) is 18.2 Å². The van der Waals surface area contributed by atoms with Gasteiger partial charge < -0.3 is 15.3 Å². The van der Waals surface area contributed by atoms with Gasteiger partial charge in [0.2, 0.25) is 11.8 Å². The van der Waals surface area contributed by atoms with Crippen molar-refractivity contribution in [3.8, 4) is 0 Å². The van der Waals surface area contributed by atoms with E-state index in [0.717, 1.165) is 29.9 Å². The third-order valence-corrected chi connectivity index (χ3v) is 4.47. The molecule has 0 aliphatic carbocycles. The van der Waals surface area contributed by atoms with Crippen molar-refractivity contribution in [3.05, 3.63) is 29.3 Å². The minimum Gasteiger partial charge on any atom is -0.393 e. The standard InChI is InChI=1S/C18H27N3O3/c1-13-5-4-6-14(2)18(13)19-16(23)11-20(3)17(24)12-21-9-7-15(22)8-10-21/h4-6,15,22H,7-12H2,1-3H3,(H,19,23). The highest BCUT2D eigenvalue weighted by Gasteiger charge is 2.21. The van der Waals surface area contributed by atoms with Crippen LogP contribution in [-0.4, -0.2) is 66.1 Å². The van der Waals surface area contributed by atoms with E-state index in [9.17, 15) is 14.7 Å². The molecule has 0 aromatic heterocycles. The Morgan fingerprint density at radius 2 is 1.83 bits per heavy atom. The second-order valence-electron chi connectivity index (χ2n) is 6.57. The van der Waals surface area contributed by atoms with Crippen molar-refractivity contribution in [2.24, 2.45) is 0 Å². The van der Waals surface area contributed by atoms with Gasteiger partial charge in [-0.15, -0.1) is 0 Å². The van der Waals surface area contributed by atoms with Gasteiger partial charge in [0.25, 0.3) is 0 Å². The Bertz CT molecular complexity index is 575. The molecule has 132 valence electrons. The molecule has 24 heavy (non-hydrogen) atoms. The highest BCUT2D eigenvalue weighted by molar-refractivity contribution is 5.95. The van der Waals surface area contributed by atoms with Crippen LogP contribution in [0.1, 0.15) is 24.0 Å². The van der Waals surface area contributed by atoms with Crippen molar-refractivity contribution in [2.75, 3.05) is 38.5 Å². The number of likely N-dealkylation sites (tertiary alicyclic amines) is 1. The van der Waals surface area contributed by atoms with E-state index in [1.54, 1.807) is 7.05 Å². The number of para-hydroxylation sites is 1. The topological polar surface area (TPSA) is 72.9 Å². The number of hydrogen-bond donors (Lipinski definition) is 2. The highest BCUT2D eigenvalue weighted by atomic mass is 16.3. The number of nitrogens with zero attached hydrogens (tertiary/aromatic N) is 2. The maximum absolute atomic E-state index is 12.3. The zero-order chi connectivity index (χ0) is 17.7. The molecule has 2 rings (SSSR count). The van der Waals surface area contributed by atoms with Crippen molar-refractivity contribution < 1.29 is 14.7 Å². The summed E-state index contributed by atoms with van der Waals surface area (Å²) in [6.45, 7) is 5.65. The van der Waals surface area contributed by atoms with E-state index >= 15 is 0 Å². The summed E-state index contributed by atoms with van der Waals surface area (Å²) in [4.78, 5) is 27.9. The van der Waals surface area contributed by atoms with Crippen LogP contribution in [0, 0.1) is 13.8 Å². The van der Waals surface area contributed by atoms with Crippen LogP contribution in [0.2, 0.25) is 0 Å². The Labute approximate surface area is 143 Å². The lowest BCUT2D eigenvalue weighted by molar-refractivity contribution is -0.134. The lowest BCUT2D eigenvalue weighted by Crippen LogP contribution is -2.44. The molecule has 6 nitrogen and oxygen atoms in total. The maximum Gasteiger partial charge on any atom is 0.243 e. The fraction of sp³-hybridized carbons (Fsp3) is 0.556. The first-order chi connectivity index (χ1) is 11.4. The van der Waals surface area contributed by atoms with Gasteiger partial charge >= 0.3 is 0 Å². The van der Waals surface area contributed by atoms with Gasteiger partial charge in [-0.2, -0.15) is 0 Å². The zero-order valence-electron chi connectivity index (χ0n) is 14.7. The van der Waals surface area contributed by atoms with E-state index in [0.29, 0.717) is 19.4 Å². The average Bonchev–Trinajstić information content (AvgIpc) is 2.53. The van der Waals surface area contributed by atoms with Gasteiger partial charge in [0.15, 0.2) is 0 Å². The molecule has 6 heteroatoms. The summed E-state index contributed by atoms with van der Waals surface area (Å²) < 4.78 is 0. The Morgan fingerprint density at radius 1 is 1.25 bits per heavy atom. The molecule has 0 spiro atoms. The number of carbonyl (C=O) groups is 2. The number of rotatable bonds is 5. The highest BCUT2D eigenvalue weighted by Crippen LogP contribution is 2.19. The summed E-state index contributed by atoms with van der Waals surface area (Å²) in [5, 5.41) is 12.4. The number of likely N-dealkylation sites (N-methyl/N-ethyl adjacent to an activating group) is 1. The summed E-state index contributed by atoms with van der Waals surface area (Å²) in [6, 6.07) is 5.84. The van der Waals surface area contributed by atoms with Gasteiger partial charge in [-0.3, -0.25) is 14.5 Å². The van der Waals surface area contributed by atoms with Gasteiger partial charge in [-0.25, -0.2) is 0 Å². The first-order valence-corrected chi connectivity index (χ1v) is 8.37. The molecule has 0 radical (unpaired) electrons. The number of aliphatic hydroxyl groups excluding tert-OH is 1. The smallest absolute Gasteiger partial charge is 0.243 e. The predicted molar refractivity (Wildman–Crippen MR) is 93.9 cm³/mol. The van der Waals surface area contributed by atoms with Crippen molar-refractivity contribution in [1.29, 1.82) is 0 Å². The predicted octanol–water partition coefficient (Wildman–Crippen LogP) is 1.16. The lowest BCUT2D eigenvalue weighted by Gasteiger charge is -2.30. The number of carbonyl (C=O) groups excluding carboxylic acids is 2. The SMILES string of the molecule is Cc1cccc(C)c1NC(=O)CN(C)C(=O)CN1CCC(O)CC1. The molecule has 0 saturated carbocycles. The van der Waals surface area contributed by atoms with Crippen LogP contribution in [-0.2, 0) is 9.59 Å². The first kappa shape index (κ1) is 18.4. The van der Waals surface area contributed by atoms with E-state index in [-0.39, 0.29) is 24.5 Å². The third kappa shape index (κ3) is 5.04. The number of benzene rings is 1. The number of hydrogen-bond acceptors (Lipinski definition) is 4. The van der Waals surface area contributed by atoms with Gasteiger partial charge in [0.05, 0.1) is 19.2 Å². The number of aryl methyl sites for hydroxylation is 2. The van der Waals surface area contributed by atoms with Gasteiger partial charge in [-0.05, 0) is 37.8 Å². The van der Waals surface area contributed by atoms with Gasteiger partial charge in [0, 0.05) is 25.8 Å². The van der Waals surface area contributed by atoms with Crippen molar-refractivity contribution in [3.63, 3.8) is 0 Å². The molecule has 0 atom stereocenters. The van der Waals surface area contributed by atoms with Crippen LogP contribution in [0.5, 0.6) is 0 Å². The third-order valence-electron chi connectivity index (χ3n) is 4.47. The Hall–Kier alpha value is -1.92. The van der Waals surface area contributed by atoms with E-state index in [1.165, 1.54) is 4.90 Å². The minimum atomic E-state index is -0.253. The van der Waals surface area contributed by atoms with Crippen LogP contribution in [0.4, 0.5) is 5.69 Å². The first-order valence-electron chi connectivity index (χ1n) is 8.37. The van der Waals surface area contributed by atoms with Crippen molar-refractivity contribution in [1.82, 2.24) is 9.80 Å². The van der Waals surface area contributed by atoms with Crippen LogP contribution in [0.25, 0.3) is 0 Å². The lowest BCUT2D eigenvalue weighted by atomic mass is 10.1. The molecular formula is C18H27N3O3. The molecule has 1 fully saturated rings. The van der Waals surface area contributed by atoms with E-state index in [4.69, 9.17) is 0 Å². The van der Waals surface area contributed by atoms with Crippen molar-refractivity contribution >= 4 is 17.5 Å². The van der Waals surface area contributed by atoms with Crippen LogP contribution >= 0.6 is 0 Å². The number of piperidine rings is 1. The number of anilines is 1. The second kappa shape index (κ2) is 8.26. The molecule has 0 bridgehead atoms. The van der Waals surface area contributed by atoms with E-state index in [2.05, 4.69) is 5.32 Å². The molecule has 2 amide bonds. The molecule has 1 aromatic carbocycles. The summed E-state index contributed by atoms with van der Waals surface area (Å²) in [5.41, 5.74) is 2.82. The normalized spacial score (nSPS) is 16.0. The molecule has 1 heterocycles. The summed E-state index contributed by atoms with van der Waals surface area (Å²) in [5.74, 6) is -0.277. The number of nitrogens with one attached hydrogen (secondary N) is 1. The fourth-order valence-corrected chi connectivity index (χ4v) is 2.88. The molecule has 2 N–H and O–H groups in total. The van der Waals surface area contributed by atoms with Gasteiger partial charge in [0.1, 0.15) is 0 Å². The summed E-state index contributed by atoms with van der Waals surface area (Å²) >= 11 is 0. The summed E-state index contributed by atoms with van der Waals surface area (Å²) in [7, 11) is 1.64. The molecule has 1 saturated heterocycles. The van der Waals surface area contributed by atoms with Crippen LogP contribution < -0.4 is 5.32 Å². The molecule has 1 aliphatic rings. The van der Waals surface area contributed by atoms with Crippen molar-refractivity contribution in [2.45, 2.75) is 32.8 Å². The Balaban J connectivity index is 1.83. The van der Waals surface area contributed by atoms with E-state index in [1.807, 2.05) is 36.9 Å². The zero-order valence-corrected chi connectivity index (χ0v) is 14.7. The Morgan fingerprint density at radius 3 is 2.42 bits per heavy atom. The molecule has 1 aliphatic heterocycles. The average molecular weight is 333 g/mol.